The number of hydrogen-bond donors (Lipinski definition) is 1. The zero-order valence-corrected chi connectivity index (χ0v) is 11.2. The lowest BCUT2D eigenvalue weighted by molar-refractivity contribution is 0.144. The molecule has 5 heteroatoms. The number of imidazole rings is 1. The van der Waals surface area contributed by atoms with Gasteiger partial charge in [-0.25, -0.2) is 9.37 Å². The van der Waals surface area contributed by atoms with Crippen LogP contribution in [-0.2, 0) is 5.54 Å². The normalized spacial score (nSPS) is 17.4. The van der Waals surface area contributed by atoms with E-state index in [4.69, 9.17) is 10.5 Å². The molecule has 1 aliphatic rings. The van der Waals surface area contributed by atoms with Crippen LogP contribution >= 0.6 is 0 Å². The van der Waals surface area contributed by atoms with Crippen LogP contribution < -0.4 is 10.5 Å². The van der Waals surface area contributed by atoms with Gasteiger partial charge in [-0.3, -0.25) is 0 Å². The van der Waals surface area contributed by atoms with Crippen molar-refractivity contribution in [2.45, 2.75) is 38.1 Å². The smallest absolute Gasteiger partial charge is 0.201 e. The van der Waals surface area contributed by atoms with Gasteiger partial charge in [-0.15, -0.1) is 0 Å². The summed E-state index contributed by atoms with van der Waals surface area (Å²) in [6.45, 7) is 2.16. The maximum atomic E-state index is 13.7. The summed E-state index contributed by atoms with van der Waals surface area (Å²) in [5, 5.41) is 0. The molecule has 0 unspecified atom stereocenters. The number of ether oxygens (including phenoxy) is 1. The van der Waals surface area contributed by atoms with Crippen LogP contribution in [-0.4, -0.2) is 16.7 Å². The largest absolute Gasteiger partial charge is 0.494 e. The molecule has 1 heterocycles. The Hall–Kier alpha value is -1.78. The number of nitrogens with zero attached hydrogens (tertiary/aromatic N) is 2. The molecule has 0 radical (unpaired) electrons. The van der Waals surface area contributed by atoms with Crippen LogP contribution in [0.1, 0.15) is 32.6 Å². The molecule has 2 aromatic rings. The number of fused-ring (bicyclic) bond motifs is 1. The second-order valence-corrected chi connectivity index (χ2v) is 5.21. The van der Waals surface area contributed by atoms with Gasteiger partial charge in [0.25, 0.3) is 0 Å². The Labute approximate surface area is 111 Å². The Morgan fingerprint density at radius 3 is 2.74 bits per heavy atom. The van der Waals surface area contributed by atoms with Crippen molar-refractivity contribution in [3.8, 4) is 5.75 Å². The number of benzene rings is 1. The van der Waals surface area contributed by atoms with Crippen LogP contribution in [0.25, 0.3) is 11.0 Å². The molecule has 0 saturated heterocycles. The van der Waals surface area contributed by atoms with Crippen molar-refractivity contribution in [1.29, 1.82) is 0 Å². The molecule has 1 saturated carbocycles. The monoisotopic (exact) mass is 263 g/mol. The maximum Gasteiger partial charge on any atom is 0.201 e. The van der Waals surface area contributed by atoms with Crippen molar-refractivity contribution in [1.82, 2.24) is 9.55 Å². The molecular weight excluding hydrogens is 245 g/mol. The molecule has 1 aliphatic carbocycles. The van der Waals surface area contributed by atoms with E-state index in [0.717, 1.165) is 24.8 Å². The fourth-order valence-corrected chi connectivity index (χ4v) is 3.07. The predicted octanol–water partition coefficient (Wildman–Crippen LogP) is 3.06. The lowest BCUT2D eigenvalue weighted by atomic mass is 9.74. The average Bonchev–Trinajstić information content (AvgIpc) is 2.64. The summed E-state index contributed by atoms with van der Waals surface area (Å²) in [6, 6.07) is 3.09. The van der Waals surface area contributed by atoms with Gasteiger partial charge in [0.05, 0.1) is 18.1 Å². The van der Waals surface area contributed by atoms with Gasteiger partial charge in [-0.2, -0.15) is 0 Å². The van der Waals surface area contributed by atoms with Crippen molar-refractivity contribution in [2.75, 3.05) is 12.8 Å². The standard InChI is InChI=1S/C14H18FN3O/c1-3-14(5-4-6-14)18-11-8-12(19-2)9(15)7-10(11)17-13(18)16/h7-8H,3-6H2,1-2H3,(H2,16,17). The molecule has 102 valence electrons. The van der Waals surface area contributed by atoms with Gasteiger partial charge in [0.2, 0.25) is 5.95 Å². The zero-order valence-electron chi connectivity index (χ0n) is 11.2. The van der Waals surface area contributed by atoms with E-state index in [1.54, 1.807) is 6.07 Å². The fraction of sp³-hybridized carbons (Fsp3) is 0.500. The van der Waals surface area contributed by atoms with Gasteiger partial charge in [0.15, 0.2) is 11.6 Å². The molecule has 0 amide bonds. The van der Waals surface area contributed by atoms with E-state index in [0.29, 0.717) is 11.5 Å². The van der Waals surface area contributed by atoms with E-state index < -0.39 is 5.82 Å². The summed E-state index contributed by atoms with van der Waals surface area (Å²) < 4.78 is 20.8. The van der Waals surface area contributed by atoms with Gasteiger partial charge in [0, 0.05) is 17.7 Å². The molecule has 1 aromatic heterocycles. The van der Waals surface area contributed by atoms with Crippen molar-refractivity contribution < 1.29 is 9.13 Å². The third-order valence-electron chi connectivity index (χ3n) is 4.37. The van der Waals surface area contributed by atoms with E-state index in [1.165, 1.54) is 19.6 Å². The lowest BCUT2D eigenvalue weighted by Crippen LogP contribution is -2.40. The van der Waals surface area contributed by atoms with E-state index >= 15 is 0 Å². The number of methoxy groups -OCH3 is 1. The van der Waals surface area contributed by atoms with Crippen LogP contribution in [0.4, 0.5) is 10.3 Å². The second-order valence-electron chi connectivity index (χ2n) is 5.21. The van der Waals surface area contributed by atoms with Crippen molar-refractivity contribution in [3.63, 3.8) is 0 Å². The average molecular weight is 263 g/mol. The molecule has 0 aliphatic heterocycles. The number of anilines is 1. The quantitative estimate of drug-likeness (QED) is 0.926. The second kappa shape index (κ2) is 4.11. The third-order valence-corrected chi connectivity index (χ3v) is 4.37. The Balaban J connectivity index is 2.26. The van der Waals surface area contributed by atoms with Gasteiger partial charge in [-0.1, -0.05) is 6.92 Å². The summed E-state index contributed by atoms with van der Waals surface area (Å²) in [4.78, 5) is 4.29. The van der Waals surface area contributed by atoms with Crippen LogP contribution in [0.2, 0.25) is 0 Å². The zero-order chi connectivity index (χ0) is 13.6. The van der Waals surface area contributed by atoms with Crippen LogP contribution in [0.15, 0.2) is 12.1 Å². The number of nitrogen functional groups attached to an aromatic ring is 1. The first-order chi connectivity index (χ1) is 9.11. The van der Waals surface area contributed by atoms with Gasteiger partial charge >= 0.3 is 0 Å². The predicted molar refractivity (Wildman–Crippen MR) is 72.8 cm³/mol. The van der Waals surface area contributed by atoms with Crippen molar-refractivity contribution >= 4 is 17.0 Å². The number of nitrogens with two attached hydrogens (primary N) is 1. The molecule has 4 nitrogen and oxygen atoms in total. The minimum atomic E-state index is -0.404. The minimum absolute atomic E-state index is 0.0433. The summed E-state index contributed by atoms with van der Waals surface area (Å²) >= 11 is 0. The molecule has 0 atom stereocenters. The molecule has 0 spiro atoms. The van der Waals surface area contributed by atoms with Gasteiger partial charge < -0.3 is 15.0 Å². The van der Waals surface area contributed by atoms with E-state index in [1.807, 2.05) is 0 Å². The summed E-state index contributed by atoms with van der Waals surface area (Å²) in [7, 11) is 1.47. The van der Waals surface area contributed by atoms with E-state index in [-0.39, 0.29) is 11.3 Å². The molecule has 2 N–H and O–H groups in total. The Morgan fingerprint density at radius 1 is 1.47 bits per heavy atom. The first-order valence-corrected chi connectivity index (χ1v) is 6.63. The first-order valence-electron chi connectivity index (χ1n) is 6.63. The van der Waals surface area contributed by atoms with Crippen molar-refractivity contribution in [3.05, 3.63) is 17.9 Å². The van der Waals surface area contributed by atoms with Crippen molar-refractivity contribution in [2.24, 2.45) is 0 Å². The van der Waals surface area contributed by atoms with Gasteiger partial charge in [0.1, 0.15) is 0 Å². The van der Waals surface area contributed by atoms with Crippen LogP contribution in [0.3, 0.4) is 0 Å². The highest BCUT2D eigenvalue weighted by atomic mass is 19.1. The summed E-state index contributed by atoms with van der Waals surface area (Å²) in [5.41, 5.74) is 7.55. The maximum absolute atomic E-state index is 13.7. The molecule has 3 rings (SSSR count). The topological polar surface area (TPSA) is 53.1 Å². The molecule has 19 heavy (non-hydrogen) atoms. The Bertz CT molecular complexity index is 626. The van der Waals surface area contributed by atoms with E-state index in [2.05, 4.69) is 16.5 Å². The molecule has 1 fully saturated rings. The number of rotatable bonds is 3. The number of halogens is 1. The highest BCUT2D eigenvalue weighted by Crippen LogP contribution is 2.45. The minimum Gasteiger partial charge on any atom is -0.494 e. The number of hydrogen-bond acceptors (Lipinski definition) is 3. The van der Waals surface area contributed by atoms with Gasteiger partial charge in [-0.05, 0) is 25.7 Å². The lowest BCUT2D eigenvalue weighted by Gasteiger charge is -2.43. The third kappa shape index (κ3) is 1.60. The first kappa shape index (κ1) is 12.3. The molecule has 0 bridgehead atoms. The fourth-order valence-electron chi connectivity index (χ4n) is 3.07. The van der Waals surface area contributed by atoms with Crippen LogP contribution in [0, 0.1) is 5.82 Å². The van der Waals surface area contributed by atoms with Crippen LogP contribution in [0.5, 0.6) is 5.75 Å². The number of aromatic nitrogens is 2. The SMILES string of the molecule is CCC1(n2c(N)nc3cc(F)c(OC)cc32)CCC1. The summed E-state index contributed by atoms with van der Waals surface area (Å²) in [5.74, 6) is 0.294. The highest BCUT2D eigenvalue weighted by molar-refractivity contribution is 5.80. The summed E-state index contributed by atoms with van der Waals surface area (Å²) in [6.07, 6.45) is 4.39. The Morgan fingerprint density at radius 2 is 2.21 bits per heavy atom. The van der Waals surface area contributed by atoms with E-state index in [9.17, 15) is 4.39 Å². The molecular formula is C14H18FN3O. The highest BCUT2D eigenvalue weighted by Gasteiger charge is 2.39. The molecule has 1 aromatic carbocycles. The Kier molecular flexibility index (Phi) is 2.66.